The van der Waals surface area contributed by atoms with Gasteiger partial charge in [-0.3, -0.25) is 0 Å². The molecule has 0 N–H and O–H groups in total. The van der Waals surface area contributed by atoms with Crippen LogP contribution in [0.2, 0.25) is 0 Å². The van der Waals surface area contributed by atoms with Gasteiger partial charge in [0.1, 0.15) is 0 Å². The molecule has 2 aromatic heterocycles. The molecule has 0 nitrogen and oxygen atoms in total. The molecule has 2 aromatic carbocycles. The van der Waals surface area contributed by atoms with Gasteiger partial charge in [-0.1, -0.05) is 86.2 Å². The van der Waals surface area contributed by atoms with Gasteiger partial charge in [0.25, 0.3) is 0 Å². The van der Waals surface area contributed by atoms with E-state index in [0.717, 1.165) is 18.3 Å². The van der Waals surface area contributed by atoms with Crippen LogP contribution in [0.3, 0.4) is 0 Å². The van der Waals surface area contributed by atoms with E-state index in [1.807, 2.05) is 22.7 Å². The van der Waals surface area contributed by atoms with Crippen LogP contribution in [0.4, 0.5) is 0 Å². The summed E-state index contributed by atoms with van der Waals surface area (Å²) in [6.07, 6.45) is 20.4. The van der Waals surface area contributed by atoms with Crippen LogP contribution in [-0.4, -0.2) is 0 Å². The van der Waals surface area contributed by atoms with Gasteiger partial charge in [0.2, 0.25) is 0 Å². The molecule has 4 aromatic rings. The number of allylic oxidation sites excluding steroid dienone is 10. The Labute approximate surface area is 228 Å². The molecule has 2 heterocycles. The Morgan fingerprint density at radius 1 is 0.811 bits per heavy atom. The highest BCUT2D eigenvalue weighted by Gasteiger charge is 2.48. The van der Waals surface area contributed by atoms with Gasteiger partial charge < -0.3 is 0 Å². The van der Waals surface area contributed by atoms with Gasteiger partial charge in [-0.05, 0) is 90.7 Å². The summed E-state index contributed by atoms with van der Waals surface area (Å²) in [5.41, 5.74) is 7.38. The summed E-state index contributed by atoms with van der Waals surface area (Å²) in [4.78, 5) is 0. The van der Waals surface area contributed by atoms with Gasteiger partial charge in [-0.15, -0.1) is 22.7 Å². The van der Waals surface area contributed by atoms with Crippen LogP contribution >= 0.6 is 22.7 Å². The average Bonchev–Trinajstić information content (AvgIpc) is 3.21. The van der Waals surface area contributed by atoms with Crippen LogP contribution < -0.4 is 0 Å². The van der Waals surface area contributed by atoms with Crippen LogP contribution in [0.25, 0.3) is 40.7 Å². The molecule has 0 radical (unpaired) electrons. The minimum Gasteiger partial charge on any atom is -0.134 e. The third kappa shape index (κ3) is 4.19. The van der Waals surface area contributed by atoms with Crippen LogP contribution in [0.15, 0.2) is 84.5 Å². The fourth-order valence-corrected chi connectivity index (χ4v) is 9.14. The molecule has 37 heavy (non-hydrogen) atoms. The van der Waals surface area contributed by atoms with Crippen molar-refractivity contribution < 1.29 is 0 Å². The molecule has 0 amide bonds. The number of fused-ring (bicyclic) bond motifs is 5. The van der Waals surface area contributed by atoms with Crippen LogP contribution in [0.5, 0.6) is 0 Å². The summed E-state index contributed by atoms with van der Waals surface area (Å²) >= 11 is 3.92. The minimum absolute atomic E-state index is 0.535. The Hall–Kier alpha value is -2.68. The van der Waals surface area contributed by atoms with Crippen LogP contribution in [-0.2, 0) is 0 Å². The van der Waals surface area contributed by atoms with Gasteiger partial charge >= 0.3 is 0 Å². The summed E-state index contributed by atoms with van der Waals surface area (Å²) in [6.45, 7) is 9.19. The monoisotopic (exact) mass is 518 g/mol. The molecule has 7 rings (SSSR count). The molecule has 2 heteroatoms. The predicted octanol–water partition coefficient (Wildman–Crippen LogP) is 11.2. The molecule has 0 spiro atoms. The average molecular weight is 519 g/mol. The lowest BCUT2D eigenvalue weighted by Crippen LogP contribution is -2.06. The first-order valence-corrected chi connectivity index (χ1v) is 15.3. The van der Waals surface area contributed by atoms with E-state index in [4.69, 9.17) is 0 Å². The molecule has 1 fully saturated rings. The molecule has 3 unspecified atom stereocenters. The van der Waals surface area contributed by atoms with Gasteiger partial charge in [0.15, 0.2) is 0 Å². The maximum atomic E-state index is 2.48. The van der Waals surface area contributed by atoms with Crippen molar-refractivity contribution in [1.29, 1.82) is 0 Å². The van der Waals surface area contributed by atoms with E-state index in [1.165, 1.54) is 70.3 Å². The molecular weight excluding hydrogens is 485 g/mol. The molecule has 1 saturated carbocycles. The van der Waals surface area contributed by atoms with Crippen molar-refractivity contribution in [1.82, 2.24) is 0 Å². The van der Waals surface area contributed by atoms with E-state index in [2.05, 4.69) is 107 Å². The first-order valence-electron chi connectivity index (χ1n) is 13.7. The van der Waals surface area contributed by atoms with Crippen molar-refractivity contribution in [3.63, 3.8) is 0 Å². The third-order valence-electron chi connectivity index (χ3n) is 8.67. The minimum atomic E-state index is 0.535. The Morgan fingerprint density at radius 2 is 1.38 bits per heavy atom. The number of thiophene rings is 2. The molecular formula is C35H34S2. The van der Waals surface area contributed by atoms with E-state index in [0.29, 0.717) is 11.3 Å². The van der Waals surface area contributed by atoms with E-state index in [1.54, 1.807) is 0 Å². The van der Waals surface area contributed by atoms with Crippen molar-refractivity contribution in [2.45, 2.75) is 47.0 Å². The number of hydrogen-bond acceptors (Lipinski definition) is 2. The first-order chi connectivity index (χ1) is 17.9. The SMILES string of the molecule is CC(C)=CC1C=CC(c2ccc3c(c2)sc2c4ccc(C5=CCC(C6CC6(C)C)C=C5)cc4sc32)=CC1. The second-order valence-electron chi connectivity index (χ2n) is 12.2. The quantitative estimate of drug-likeness (QED) is 0.236. The molecule has 0 bridgehead atoms. The Balaban J connectivity index is 1.17. The van der Waals surface area contributed by atoms with Crippen molar-refractivity contribution in [3.8, 4) is 0 Å². The van der Waals surface area contributed by atoms with Crippen LogP contribution in [0, 0.1) is 23.2 Å². The van der Waals surface area contributed by atoms with E-state index >= 15 is 0 Å². The zero-order valence-corrected chi connectivity index (χ0v) is 23.8. The predicted molar refractivity (Wildman–Crippen MR) is 166 cm³/mol. The molecule has 3 aliphatic rings. The van der Waals surface area contributed by atoms with Crippen molar-refractivity contribution >= 4 is 63.4 Å². The first kappa shape index (κ1) is 23.4. The zero-order chi connectivity index (χ0) is 25.3. The summed E-state index contributed by atoms with van der Waals surface area (Å²) in [7, 11) is 0. The molecule has 186 valence electrons. The van der Waals surface area contributed by atoms with Crippen molar-refractivity contribution in [2.24, 2.45) is 23.2 Å². The van der Waals surface area contributed by atoms with Gasteiger partial charge in [0.05, 0.1) is 9.40 Å². The largest absolute Gasteiger partial charge is 0.134 e. The van der Waals surface area contributed by atoms with Crippen molar-refractivity contribution in [3.05, 3.63) is 95.6 Å². The number of rotatable bonds is 4. The zero-order valence-electron chi connectivity index (χ0n) is 22.2. The highest BCUT2D eigenvalue weighted by molar-refractivity contribution is 7.36. The highest BCUT2D eigenvalue weighted by Crippen LogP contribution is 2.57. The lowest BCUT2D eigenvalue weighted by molar-refractivity contribution is 0.460. The summed E-state index contributed by atoms with van der Waals surface area (Å²) < 4.78 is 5.70. The van der Waals surface area contributed by atoms with Crippen molar-refractivity contribution in [2.75, 3.05) is 0 Å². The Morgan fingerprint density at radius 3 is 1.84 bits per heavy atom. The fourth-order valence-electron chi connectivity index (χ4n) is 6.41. The molecule has 3 atom stereocenters. The maximum absolute atomic E-state index is 2.48. The lowest BCUT2D eigenvalue weighted by Gasteiger charge is -2.18. The fraction of sp³-hybridized carbons (Fsp3) is 0.314. The molecule has 0 saturated heterocycles. The topological polar surface area (TPSA) is 0 Å². The summed E-state index contributed by atoms with van der Waals surface area (Å²) in [5, 5.41) is 2.81. The highest BCUT2D eigenvalue weighted by atomic mass is 32.1. The van der Waals surface area contributed by atoms with E-state index in [-0.39, 0.29) is 0 Å². The standard InChI is InChI=1S/C35H34S2/c1-21(2)17-22-5-7-23(8-6-22)26-13-15-28-31(18-26)36-34-29-16-14-27(19-32(29)37-33(28)34)24-9-11-25(12-10-24)30-20-35(30,3)4/h5,7-11,13-19,22,25,30H,6,12,20H2,1-4H3. The van der Waals surface area contributed by atoms with Gasteiger partial charge in [0, 0.05) is 20.2 Å². The number of benzene rings is 2. The number of hydrogen-bond donors (Lipinski definition) is 0. The third-order valence-corrected chi connectivity index (χ3v) is 11.2. The van der Waals surface area contributed by atoms with Gasteiger partial charge in [-0.2, -0.15) is 0 Å². The Kier molecular flexibility index (Phi) is 5.50. The summed E-state index contributed by atoms with van der Waals surface area (Å²) in [5.74, 6) is 2.13. The molecule has 3 aliphatic carbocycles. The molecule has 0 aliphatic heterocycles. The normalized spacial score (nSPS) is 24.5. The van der Waals surface area contributed by atoms with Crippen LogP contribution in [0.1, 0.15) is 58.1 Å². The Bertz CT molecular complexity index is 1700. The van der Waals surface area contributed by atoms with E-state index in [9.17, 15) is 0 Å². The smallest absolute Gasteiger partial charge is 0.0542 e. The lowest BCUT2D eigenvalue weighted by atomic mass is 9.87. The second-order valence-corrected chi connectivity index (χ2v) is 14.3. The second kappa shape index (κ2) is 8.68. The summed E-state index contributed by atoms with van der Waals surface area (Å²) in [6, 6.07) is 14.2. The van der Waals surface area contributed by atoms with E-state index < -0.39 is 0 Å². The van der Waals surface area contributed by atoms with Gasteiger partial charge in [-0.25, -0.2) is 0 Å². The maximum Gasteiger partial charge on any atom is 0.0542 e.